The van der Waals surface area contributed by atoms with Crippen LogP contribution in [0.1, 0.15) is 38.2 Å². The molecule has 0 spiro atoms. The summed E-state index contributed by atoms with van der Waals surface area (Å²) in [4.78, 5) is 5.04. The Morgan fingerprint density at radius 3 is 2.50 bits per heavy atom. The molecule has 0 amide bonds. The molecule has 0 atom stereocenters. The van der Waals surface area contributed by atoms with Gasteiger partial charge in [0.25, 0.3) is 0 Å². The molecule has 20 heavy (non-hydrogen) atoms. The maximum atomic E-state index is 5.92. The summed E-state index contributed by atoms with van der Waals surface area (Å²) in [6, 6.07) is 5.67. The van der Waals surface area contributed by atoms with E-state index in [1.807, 2.05) is 0 Å². The van der Waals surface area contributed by atoms with Gasteiger partial charge >= 0.3 is 0 Å². The maximum Gasteiger partial charge on any atom is 0.118 e. The van der Waals surface area contributed by atoms with Crippen LogP contribution >= 0.6 is 0 Å². The Labute approximate surface area is 122 Å². The molecule has 1 N–H and O–H groups in total. The van der Waals surface area contributed by atoms with E-state index in [4.69, 9.17) is 4.42 Å². The minimum atomic E-state index is 0.667. The molecule has 2 fully saturated rings. The molecule has 0 radical (unpaired) electrons. The molecule has 112 valence electrons. The third-order valence-corrected chi connectivity index (χ3v) is 4.38. The number of nitrogens with one attached hydrogen (secondary N) is 1. The first kappa shape index (κ1) is 14.1. The van der Waals surface area contributed by atoms with E-state index in [0.29, 0.717) is 6.04 Å². The lowest BCUT2D eigenvalue weighted by Crippen LogP contribution is -2.48. The number of piperazine rings is 1. The minimum Gasteiger partial charge on any atom is -0.463 e. The van der Waals surface area contributed by atoms with E-state index >= 15 is 0 Å². The Morgan fingerprint density at radius 1 is 1.15 bits per heavy atom. The van der Waals surface area contributed by atoms with Crippen molar-refractivity contribution in [3.8, 4) is 0 Å². The van der Waals surface area contributed by atoms with Gasteiger partial charge in [-0.05, 0) is 38.8 Å². The van der Waals surface area contributed by atoms with Crippen molar-refractivity contribution >= 4 is 0 Å². The van der Waals surface area contributed by atoms with Gasteiger partial charge < -0.3 is 9.73 Å². The molecule has 1 saturated heterocycles. The van der Waals surface area contributed by atoms with Crippen LogP contribution in [0, 0.1) is 0 Å². The van der Waals surface area contributed by atoms with E-state index in [1.54, 1.807) is 0 Å². The lowest BCUT2D eigenvalue weighted by Gasteiger charge is -2.36. The fraction of sp³-hybridized carbons (Fsp3) is 0.750. The minimum absolute atomic E-state index is 0.667. The predicted octanol–water partition coefficient (Wildman–Crippen LogP) is 2.06. The van der Waals surface area contributed by atoms with Crippen LogP contribution in [0.2, 0.25) is 0 Å². The summed E-state index contributed by atoms with van der Waals surface area (Å²) in [6.45, 7) is 11.0. The highest BCUT2D eigenvalue weighted by atomic mass is 16.3. The highest BCUT2D eigenvalue weighted by Gasteiger charge is 2.21. The third kappa shape index (κ3) is 3.84. The first-order valence-electron chi connectivity index (χ1n) is 7.98. The SMILES string of the molecule is CC(C)N1CCN(Cc2ccc(CNC3CC3)o2)CC1. The maximum absolute atomic E-state index is 5.92. The van der Waals surface area contributed by atoms with Crippen LogP contribution < -0.4 is 5.32 Å². The Kier molecular flexibility index (Phi) is 4.44. The fourth-order valence-electron chi connectivity index (χ4n) is 2.79. The number of hydrogen-bond acceptors (Lipinski definition) is 4. The van der Waals surface area contributed by atoms with Gasteiger partial charge in [0.15, 0.2) is 0 Å². The Bertz CT molecular complexity index is 417. The quantitative estimate of drug-likeness (QED) is 0.862. The average molecular weight is 277 g/mol. The molecule has 0 unspecified atom stereocenters. The van der Waals surface area contributed by atoms with Crippen molar-refractivity contribution in [1.29, 1.82) is 0 Å². The predicted molar refractivity (Wildman–Crippen MR) is 80.6 cm³/mol. The largest absolute Gasteiger partial charge is 0.463 e. The topological polar surface area (TPSA) is 31.6 Å². The van der Waals surface area contributed by atoms with Gasteiger partial charge in [0.05, 0.1) is 13.1 Å². The van der Waals surface area contributed by atoms with Crippen LogP contribution in [-0.2, 0) is 13.1 Å². The van der Waals surface area contributed by atoms with E-state index in [2.05, 4.69) is 41.1 Å². The van der Waals surface area contributed by atoms with Gasteiger partial charge in [-0.3, -0.25) is 9.80 Å². The van der Waals surface area contributed by atoms with Gasteiger partial charge in [-0.1, -0.05) is 0 Å². The lowest BCUT2D eigenvalue weighted by molar-refractivity contribution is 0.0987. The zero-order valence-electron chi connectivity index (χ0n) is 12.8. The molecule has 2 aliphatic rings. The smallest absolute Gasteiger partial charge is 0.118 e. The molecule has 3 rings (SSSR count). The highest BCUT2D eigenvalue weighted by molar-refractivity contribution is 5.07. The summed E-state index contributed by atoms with van der Waals surface area (Å²) in [5.41, 5.74) is 0. The molecule has 1 aliphatic carbocycles. The van der Waals surface area contributed by atoms with Crippen molar-refractivity contribution in [1.82, 2.24) is 15.1 Å². The van der Waals surface area contributed by atoms with Gasteiger partial charge in [-0.2, -0.15) is 0 Å². The van der Waals surface area contributed by atoms with Crippen molar-refractivity contribution in [2.75, 3.05) is 26.2 Å². The number of hydrogen-bond donors (Lipinski definition) is 1. The third-order valence-electron chi connectivity index (χ3n) is 4.38. The Hall–Kier alpha value is -0.840. The van der Waals surface area contributed by atoms with Crippen molar-refractivity contribution < 1.29 is 4.42 Å². The molecular weight excluding hydrogens is 250 g/mol. The summed E-state index contributed by atoms with van der Waals surface area (Å²) in [5.74, 6) is 2.18. The van der Waals surface area contributed by atoms with Crippen molar-refractivity contribution in [2.24, 2.45) is 0 Å². The van der Waals surface area contributed by atoms with Crippen molar-refractivity contribution in [3.63, 3.8) is 0 Å². The molecule has 2 heterocycles. The highest BCUT2D eigenvalue weighted by Crippen LogP contribution is 2.20. The first-order valence-corrected chi connectivity index (χ1v) is 7.98. The average Bonchev–Trinajstić information content (AvgIpc) is 3.17. The van der Waals surface area contributed by atoms with Gasteiger partial charge in [-0.25, -0.2) is 0 Å². The summed E-state index contributed by atoms with van der Waals surface area (Å²) in [5, 5.41) is 3.49. The molecule has 1 aromatic rings. The normalized spacial score (nSPS) is 21.8. The lowest BCUT2D eigenvalue weighted by atomic mass is 10.2. The zero-order valence-corrected chi connectivity index (χ0v) is 12.8. The molecule has 4 nitrogen and oxygen atoms in total. The summed E-state index contributed by atoms with van der Waals surface area (Å²) in [7, 11) is 0. The van der Waals surface area contributed by atoms with E-state index in [9.17, 15) is 0 Å². The first-order chi connectivity index (χ1) is 9.70. The van der Waals surface area contributed by atoms with Crippen LogP contribution in [0.15, 0.2) is 16.5 Å². The number of furan rings is 1. The fourth-order valence-corrected chi connectivity index (χ4v) is 2.79. The summed E-state index contributed by atoms with van der Waals surface area (Å²) in [6.07, 6.45) is 2.65. The van der Waals surface area contributed by atoms with Crippen LogP contribution in [0.25, 0.3) is 0 Å². The van der Waals surface area contributed by atoms with E-state index in [0.717, 1.165) is 43.7 Å². The molecule has 0 bridgehead atoms. The van der Waals surface area contributed by atoms with Crippen molar-refractivity contribution in [3.05, 3.63) is 23.7 Å². The van der Waals surface area contributed by atoms with E-state index < -0.39 is 0 Å². The van der Waals surface area contributed by atoms with E-state index in [-0.39, 0.29) is 0 Å². The molecule has 1 aliphatic heterocycles. The zero-order chi connectivity index (χ0) is 13.9. The van der Waals surface area contributed by atoms with Crippen LogP contribution in [0.4, 0.5) is 0 Å². The second-order valence-corrected chi connectivity index (χ2v) is 6.43. The van der Waals surface area contributed by atoms with Crippen LogP contribution in [-0.4, -0.2) is 48.1 Å². The molecule has 4 heteroatoms. The van der Waals surface area contributed by atoms with Gasteiger partial charge in [-0.15, -0.1) is 0 Å². The van der Waals surface area contributed by atoms with E-state index in [1.165, 1.54) is 25.9 Å². The van der Waals surface area contributed by atoms with Gasteiger partial charge in [0.2, 0.25) is 0 Å². The second-order valence-electron chi connectivity index (χ2n) is 6.43. The molecule has 1 saturated carbocycles. The van der Waals surface area contributed by atoms with Crippen LogP contribution in [0.3, 0.4) is 0 Å². The van der Waals surface area contributed by atoms with Gasteiger partial charge in [0.1, 0.15) is 11.5 Å². The number of nitrogens with zero attached hydrogens (tertiary/aromatic N) is 2. The van der Waals surface area contributed by atoms with Gasteiger partial charge in [0, 0.05) is 38.3 Å². The summed E-state index contributed by atoms with van der Waals surface area (Å²) >= 11 is 0. The Balaban J connectivity index is 1.43. The monoisotopic (exact) mass is 277 g/mol. The number of rotatable bonds is 6. The summed E-state index contributed by atoms with van der Waals surface area (Å²) < 4.78 is 5.92. The van der Waals surface area contributed by atoms with Crippen LogP contribution in [0.5, 0.6) is 0 Å². The second kappa shape index (κ2) is 6.29. The molecular formula is C16H27N3O. The Morgan fingerprint density at radius 2 is 1.85 bits per heavy atom. The molecule has 1 aromatic heterocycles. The standard InChI is InChI=1S/C16H27N3O/c1-13(2)19-9-7-18(8-10-19)12-16-6-5-15(20-16)11-17-14-3-4-14/h5-6,13-14,17H,3-4,7-12H2,1-2H3. The molecule has 0 aromatic carbocycles. The van der Waals surface area contributed by atoms with Crippen molar-refractivity contribution in [2.45, 2.75) is 51.9 Å².